The van der Waals surface area contributed by atoms with Crippen LogP contribution in [0.2, 0.25) is 0 Å². The van der Waals surface area contributed by atoms with Gasteiger partial charge in [-0.25, -0.2) is 0 Å². The molecule has 2 unspecified atom stereocenters. The van der Waals surface area contributed by atoms with Crippen LogP contribution >= 0.6 is 0 Å². The van der Waals surface area contributed by atoms with Crippen molar-refractivity contribution in [2.75, 3.05) is 32.7 Å². The minimum atomic E-state index is -3.21. The van der Waals surface area contributed by atoms with Crippen LogP contribution in [-0.2, 0) is 10.2 Å². The zero-order chi connectivity index (χ0) is 13.5. The molecule has 3 aliphatic rings. The summed E-state index contributed by atoms with van der Waals surface area (Å²) in [5, 5.41) is 3.48. The predicted octanol–water partition coefficient (Wildman–Crippen LogP) is 0.647. The van der Waals surface area contributed by atoms with Gasteiger partial charge in [0.05, 0.1) is 0 Å². The first kappa shape index (κ1) is 13.8. The van der Waals surface area contributed by atoms with E-state index in [4.69, 9.17) is 0 Å². The lowest BCUT2D eigenvalue weighted by atomic mass is 9.95. The Morgan fingerprint density at radius 3 is 2.42 bits per heavy atom. The van der Waals surface area contributed by atoms with E-state index in [-0.39, 0.29) is 0 Å². The number of hydrogen-bond acceptors (Lipinski definition) is 3. The molecule has 0 spiro atoms. The van der Waals surface area contributed by atoms with E-state index in [0.717, 1.165) is 32.2 Å². The average Bonchev–Trinajstić information content (AvgIpc) is 2.86. The van der Waals surface area contributed by atoms with Gasteiger partial charge in [-0.2, -0.15) is 17.0 Å². The Bertz CT molecular complexity index is 418. The Balaban J connectivity index is 1.67. The van der Waals surface area contributed by atoms with E-state index in [1.54, 1.807) is 8.61 Å². The molecular weight excluding hydrogens is 262 g/mol. The first-order chi connectivity index (χ1) is 9.07. The normalized spacial score (nSPS) is 35.4. The lowest BCUT2D eigenvalue weighted by Gasteiger charge is -2.38. The lowest BCUT2D eigenvalue weighted by Crippen LogP contribution is -2.53. The molecule has 110 valence electrons. The van der Waals surface area contributed by atoms with Gasteiger partial charge in [0.1, 0.15) is 0 Å². The summed E-state index contributed by atoms with van der Waals surface area (Å²) < 4.78 is 28.8. The molecule has 0 aliphatic carbocycles. The highest BCUT2D eigenvalue weighted by Crippen LogP contribution is 2.28. The van der Waals surface area contributed by atoms with Crippen molar-refractivity contribution in [2.45, 2.75) is 38.6 Å². The van der Waals surface area contributed by atoms with E-state index < -0.39 is 10.2 Å². The molecule has 0 amide bonds. The fourth-order valence-electron chi connectivity index (χ4n) is 3.60. The second-order valence-electron chi connectivity index (χ2n) is 6.35. The van der Waals surface area contributed by atoms with Gasteiger partial charge in [0, 0.05) is 32.2 Å². The molecule has 0 bridgehead atoms. The van der Waals surface area contributed by atoms with Crippen molar-refractivity contribution in [1.29, 1.82) is 0 Å². The molecule has 2 atom stereocenters. The fraction of sp³-hybridized carbons (Fsp3) is 1.00. The predicted molar refractivity (Wildman–Crippen MR) is 75.0 cm³/mol. The van der Waals surface area contributed by atoms with Crippen LogP contribution in [0.1, 0.15) is 32.6 Å². The van der Waals surface area contributed by atoms with Crippen molar-refractivity contribution in [3.8, 4) is 0 Å². The molecule has 3 rings (SSSR count). The summed E-state index contributed by atoms with van der Waals surface area (Å²) in [6, 6.07) is 0.549. The molecule has 0 aromatic heterocycles. The molecular formula is C13H25N3O2S. The SMILES string of the molecule is CC1CCN(S(=O)(=O)N2CCC3NCCC3C2)CC1. The third-order valence-corrected chi connectivity index (χ3v) is 7.02. The summed E-state index contributed by atoms with van der Waals surface area (Å²) in [7, 11) is -3.21. The molecule has 3 fully saturated rings. The standard InChI is InChI=1S/C13H25N3O2S/c1-11-3-7-15(8-4-11)19(17,18)16-9-5-13-12(10-16)2-6-14-13/h11-14H,2-10H2,1H3. The van der Waals surface area contributed by atoms with Gasteiger partial charge in [-0.15, -0.1) is 0 Å². The van der Waals surface area contributed by atoms with Crippen LogP contribution in [0.4, 0.5) is 0 Å². The second kappa shape index (κ2) is 5.31. The topological polar surface area (TPSA) is 52.7 Å². The Morgan fingerprint density at radius 2 is 1.68 bits per heavy atom. The van der Waals surface area contributed by atoms with Gasteiger partial charge in [0.25, 0.3) is 10.2 Å². The van der Waals surface area contributed by atoms with Gasteiger partial charge >= 0.3 is 0 Å². The first-order valence-electron chi connectivity index (χ1n) is 7.56. The molecule has 3 aliphatic heterocycles. The summed E-state index contributed by atoms with van der Waals surface area (Å²) in [5.41, 5.74) is 0. The van der Waals surface area contributed by atoms with Crippen LogP contribution in [0.5, 0.6) is 0 Å². The van der Waals surface area contributed by atoms with E-state index in [2.05, 4.69) is 12.2 Å². The van der Waals surface area contributed by atoms with Crippen LogP contribution in [0.3, 0.4) is 0 Å². The van der Waals surface area contributed by atoms with Gasteiger partial charge in [-0.1, -0.05) is 6.92 Å². The largest absolute Gasteiger partial charge is 0.314 e. The summed E-state index contributed by atoms with van der Waals surface area (Å²) >= 11 is 0. The maximum atomic E-state index is 12.7. The number of nitrogens with one attached hydrogen (secondary N) is 1. The van der Waals surface area contributed by atoms with Gasteiger partial charge in [0.15, 0.2) is 0 Å². The summed E-state index contributed by atoms with van der Waals surface area (Å²) in [6.45, 7) is 6.05. The molecule has 3 saturated heterocycles. The number of hydrogen-bond donors (Lipinski definition) is 1. The van der Waals surface area contributed by atoms with Crippen molar-refractivity contribution < 1.29 is 8.42 Å². The minimum Gasteiger partial charge on any atom is -0.314 e. The molecule has 0 radical (unpaired) electrons. The minimum absolute atomic E-state index is 0.521. The third-order valence-electron chi connectivity index (χ3n) is 5.01. The Kier molecular flexibility index (Phi) is 3.86. The third kappa shape index (κ3) is 2.68. The van der Waals surface area contributed by atoms with Crippen molar-refractivity contribution in [3.05, 3.63) is 0 Å². The summed E-state index contributed by atoms with van der Waals surface area (Å²) in [5.74, 6) is 1.18. The monoisotopic (exact) mass is 287 g/mol. The summed E-state index contributed by atoms with van der Waals surface area (Å²) in [6.07, 6.45) is 4.09. The highest BCUT2D eigenvalue weighted by atomic mass is 32.2. The van der Waals surface area contributed by atoms with Crippen LogP contribution in [0.15, 0.2) is 0 Å². The molecule has 0 aromatic carbocycles. The molecule has 19 heavy (non-hydrogen) atoms. The Labute approximate surface area is 116 Å². The zero-order valence-corrected chi connectivity index (χ0v) is 12.5. The Hall–Kier alpha value is -0.170. The lowest BCUT2D eigenvalue weighted by molar-refractivity contribution is 0.216. The van der Waals surface area contributed by atoms with Crippen LogP contribution in [-0.4, -0.2) is 55.8 Å². The van der Waals surface area contributed by atoms with E-state index in [0.29, 0.717) is 44.1 Å². The van der Waals surface area contributed by atoms with Crippen molar-refractivity contribution in [2.24, 2.45) is 11.8 Å². The van der Waals surface area contributed by atoms with Crippen LogP contribution in [0, 0.1) is 11.8 Å². The van der Waals surface area contributed by atoms with Gasteiger partial charge in [0.2, 0.25) is 0 Å². The second-order valence-corrected chi connectivity index (χ2v) is 8.27. The molecule has 0 aromatic rings. The molecule has 0 saturated carbocycles. The average molecular weight is 287 g/mol. The van der Waals surface area contributed by atoms with E-state index >= 15 is 0 Å². The maximum absolute atomic E-state index is 12.7. The molecule has 5 nitrogen and oxygen atoms in total. The fourth-order valence-corrected chi connectivity index (χ4v) is 5.32. The molecule has 6 heteroatoms. The summed E-state index contributed by atoms with van der Waals surface area (Å²) in [4.78, 5) is 0. The van der Waals surface area contributed by atoms with Crippen LogP contribution < -0.4 is 5.32 Å². The number of nitrogens with zero attached hydrogens (tertiary/aromatic N) is 2. The van der Waals surface area contributed by atoms with Crippen molar-refractivity contribution >= 4 is 10.2 Å². The highest BCUT2D eigenvalue weighted by molar-refractivity contribution is 7.86. The van der Waals surface area contributed by atoms with E-state index in [1.165, 1.54) is 0 Å². The van der Waals surface area contributed by atoms with Gasteiger partial charge < -0.3 is 5.32 Å². The quantitative estimate of drug-likeness (QED) is 0.811. The smallest absolute Gasteiger partial charge is 0.281 e. The molecule has 1 N–H and O–H groups in total. The Morgan fingerprint density at radius 1 is 1.00 bits per heavy atom. The number of rotatable bonds is 2. The number of fused-ring (bicyclic) bond motifs is 1. The van der Waals surface area contributed by atoms with E-state index in [9.17, 15) is 8.42 Å². The van der Waals surface area contributed by atoms with Gasteiger partial charge in [-0.05, 0) is 44.1 Å². The number of piperidine rings is 2. The van der Waals surface area contributed by atoms with Crippen molar-refractivity contribution in [3.63, 3.8) is 0 Å². The maximum Gasteiger partial charge on any atom is 0.281 e. The van der Waals surface area contributed by atoms with Crippen LogP contribution in [0.25, 0.3) is 0 Å². The van der Waals surface area contributed by atoms with Crippen molar-refractivity contribution in [1.82, 2.24) is 13.9 Å². The van der Waals surface area contributed by atoms with E-state index in [1.807, 2.05) is 0 Å². The zero-order valence-electron chi connectivity index (χ0n) is 11.7. The highest BCUT2D eigenvalue weighted by Gasteiger charge is 2.39. The first-order valence-corrected chi connectivity index (χ1v) is 8.95. The van der Waals surface area contributed by atoms with Gasteiger partial charge in [-0.3, -0.25) is 0 Å². The molecule has 3 heterocycles.